The fourth-order valence-electron chi connectivity index (χ4n) is 4.95. The highest BCUT2D eigenvalue weighted by molar-refractivity contribution is 7.89. The van der Waals surface area contributed by atoms with Gasteiger partial charge in [-0.3, -0.25) is 14.4 Å². The first-order valence-electron chi connectivity index (χ1n) is 12.7. The maximum atomic E-state index is 14.3. The third kappa shape index (κ3) is 5.65. The Morgan fingerprint density at radius 3 is 2.10 bits per heavy atom. The molecule has 0 saturated carbocycles. The van der Waals surface area contributed by atoms with Crippen LogP contribution in [0.3, 0.4) is 0 Å². The molecule has 1 unspecified atom stereocenters. The summed E-state index contributed by atoms with van der Waals surface area (Å²) in [4.78, 5) is 39.3. The number of nitrogens with zero attached hydrogens (tertiary/aromatic N) is 2. The molecule has 0 aliphatic carbocycles. The molecule has 1 aliphatic rings. The number of benzene rings is 3. The van der Waals surface area contributed by atoms with Gasteiger partial charge in [-0.15, -0.1) is 0 Å². The highest BCUT2D eigenvalue weighted by atomic mass is 32.2. The van der Waals surface area contributed by atoms with E-state index in [1.165, 1.54) is 35.5 Å². The molecule has 0 N–H and O–H groups in total. The molecule has 4 rings (SSSR count). The van der Waals surface area contributed by atoms with Crippen molar-refractivity contribution in [3.8, 4) is 5.75 Å². The molecule has 9 heteroatoms. The van der Waals surface area contributed by atoms with E-state index in [-0.39, 0.29) is 29.3 Å². The molecule has 39 heavy (non-hydrogen) atoms. The van der Waals surface area contributed by atoms with Crippen molar-refractivity contribution < 1.29 is 27.5 Å². The molecule has 1 saturated heterocycles. The van der Waals surface area contributed by atoms with E-state index in [2.05, 4.69) is 0 Å². The van der Waals surface area contributed by atoms with Gasteiger partial charge >= 0.3 is 5.97 Å². The summed E-state index contributed by atoms with van der Waals surface area (Å²) in [6.45, 7) is 8.56. The monoisotopic (exact) mass is 548 g/mol. The van der Waals surface area contributed by atoms with Crippen molar-refractivity contribution in [2.45, 2.75) is 58.4 Å². The Morgan fingerprint density at radius 1 is 0.949 bits per heavy atom. The Morgan fingerprint density at radius 2 is 1.54 bits per heavy atom. The molecule has 8 nitrogen and oxygen atoms in total. The molecule has 0 radical (unpaired) electrons. The first-order chi connectivity index (χ1) is 18.4. The summed E-state index contributed by atoms with van der Waals surface area (Å²) >= 11 is 0. The normalized spacial score (nSPS) is 15.7. The van der Waals surface area contributed by atoms with Crippen LogP contribution in [-0.4, -0.2) is 43.1 Å². The fourth-order valence-corrected chi connectivity index (χ4v) is 7.12. The van der Waals surface area contributed by atoms with Crippen molar-refractivity contribution in [2.24, 2.45) is 0 Å². The largest absolute Gasteiger partial charge is 0.427 e. The van der Waals surface area contributed by atoms with Gasteiger partial charge in [0.25, 0.3) is 5.91 Å². The fraction of sp³-hybridized carbons (Fsp3) is 0.300. The van der Waals surface area contributed by atoms with E-state index in [9.17, 15) is 22.8 Å². The van der Waals surface area contributed by atoms with E-state index >= 15 is 0 Å². The van der Waals surface area contributed by atoms with Crippen LogP contribution in [-0.2, 0) is 30.8 Å². The van der Waals surface area contributed by atoms with Crippen LogP contribution >= 0.6 is 0 Å². The molecular weight excluding hydrogens is 516 g/mol. The van der Waals surface area contributed by atoms with Crippen LogP contribution in [0.5, 0.6) is 5.75 Å². The minimum absolute atomic E-state index is 0.0289. The first-order valence-corrected chi connectivity index (χ1v) is 14.1. The van der Waals surface area contributed by atoms with Gasteiger partial charge in [-0.05, 0) is 86.2 Å². The second-order valence-electron chi connectivity index (χ2n) is 9.82. The number of hydrogen-bond acceptors (Lipinski definition) is 6. The van der Waals surface area contributed by atoms with Gasteiger partial charge in [0.15, 0.2) is 0 Å². The molecular formula is C30H32N2O6S. The average molecular weight is 549 g/mol. The lowest BCUT2D eigenvalue weighted by atomic mass is 10.0. The van der Waals surface area contributed by atoms with Crippen molar-refractivity contribution in [1.82, 2.24) is 4.31 Å². The van der Waals surface area contributed by atoms with Gasteiger partial charge < -0.3 is 4.74 Å². The van der Waals surface area contributed by atoms with Crippen molar-refractivity contribution in [3.05, 3.63) is 88.5 Å². The van der Waals surface area contributed by atoms with Gasteiger partial charge in [-0.2, -0.15) is 4.31 Å². The van der Waals surface area contributed by atoms with E-state index in [1.54, 1.807) is 13.8 Å². The predicted octanol–water partition coefficient (Wildman–Crippen LogP) is 4.41. The molecule has 3 aromatic carbocycles. The minimum atomic E-state index is -4.17. The number of aryl methyl sites for hydroxylation is 2. The van der Waals surface area contributed by atoms with Gasteiger partial charge in [-0.25, -0.2) is 13.3 Å². The van der Waals surface area contributed by atoms with E-state index in [1.807, 2.05) is 50.2 Å². The Hall–Kier alpha value is -3.82. The van der Waals surface area contributed by atoms with Gasteiger partial charge in [0.2, 0.25) is 15.9 Å². The van der Waals surface area contributed by atoms with Crippen molar-refractivity contribution in [1.29, 1.82) is 0 Å². The Bertz CT molecular complexity index is 1510. The summed E-state index contributed by atoms with van der Waals surface area (Å²) in [5.41, 5.74) is 4.12. The SMILES string of the molecule is CC(=O)Oc1ccc(N2C(=O)CC(N(CCc3ccccc3)S(=O)(=O)c3c(C)c(C)cc(C)c3C)C2=O)cc1. The first kappa shape index (κ1) is 28.2. The molecule has 0 spiro atoms. The Labute approximate surface area is 229 Å². The lowest BCUT2D eigenvalue weighted by Crippen LogP contribution is -2.46. The van der Waals surface area contributed by atoms with Crippen molar-refractivity contribution in [2.75, 3.05) is 11.4 Å². The van der Waals surface area contributed by atoms with Crippen LogP contribution in [0.25, 0.3) is 0 Å². The molecule has 0 aromatic heterocycles. The third-order valence-corrected chi connectivity index (χ3v) is 9.34. The minimum Gasteiger partial charge on any atom is -0.427 e. The summed E-state index contributed by atoms with van der Waals surface area (Å²) in [6, 6.07) is 16.1. The average Bonchev–Trinajstić information content (AvgIpc) is 3.17. The van der Waals surface area contributed by atoms with Gasteiger partial charge in [0, 0.05) is 13.5 Å². The van der Waals surface area contributed by atoms with Crippen molar-refractivity contribution in [3.63, 3.8) is 0 Å². The van der Waals surface area contributed by atoms with Crippen LogP contribution < -0.4 is 9.64 Å². The van der Waals surface area contributed by atoms with E-state index in [0.29, 0.717) is 17.5 Å². The number of hydrogen-bond donors (Lipinski definition) is 0. The molecule has 1 atom stereocenters. The number of esters is 1. The maximum absolute atomic E-state index is 14.3. The lowest BCUT2D eigenvalue weighted by Gasteiger charge is -2.29. The molecule has 3 aromatic rings. The zero-order chi connectivity index (χ0) is 28.5. The molecule has 2 amide bonds. The predicted molar refractivity (Wildman–Crippen MR) is 148 cm³/mol. The highest BCUT2D eigenvalue weighted by Crippen LogP contribution is 2.34. The Balaban J connectivity index is 1.74. The summed E-state index contributed by atoms with van der Waals surface area (Å²) in [7, 11) is -4.17. The van der Waals surface area contributed by atoms with Crippen LogP contribution in [0, 0.1) is 27.7 Å². The van der Waals surface area contributed by atoms with E-state index in [4.69, 9.17) is 4.74 Å². The van der Waals surface area contributed by atoms with E-state index in [0.717, 1.165) is 21.6 Å². The van der Waals surface area contributed by atoms with Crippen LogP contribution in [0.4, 0.5) is 5.69 Å². The second-order valence-corrected chi connectivity index (χ2v) is 11.6. The molecule has 1 aliphatic heterocycles. The molecule has 204 valence electrons. The second kappa shape index (κ2) is 11.1. The Kier molecular flexibility index (Phi) is 8.04. The number of anilines is 1. The number of imide groups is 1. The standard InChI is InChI=1S/C30H32N2O6S/c1-19-17-20(2)22(4)29(21(19)3)39(36,37)31(16-15-24-9-7-6-8-10-24)27-18-28(34)32(30(27)35)25-11-13-26(14-12-25)38-23(5)33/h6-14,17,27H,15-16,18H2,1-5H3. The quantitative estimate of drug-likeness (QED) is 0.235. The number of rotatable bonds is 8. The molecule has 0 bridgehead atoms. The lowest BCUT2D eigenvalue weighted by molar-refractivity contribution is -0.132. The number of carbonyl (C=O) groups excluding carboxylic acids is 3. The van der Waals surface area contributed by atoms with Gasteiger partial charge in [0.1, 0.15) is 11.8 Å². The number of carbonyl (C=O) groups is 3. The smallest absolute Gasteiger partial charge is 0.308 e. The number of amides is 2. The summed E-state index contributed by atoms with van der Waals surface area (Å²) < 4.78 is 34.9. The number of sulfonamides is 1. The maximum Gasteiger partial charge on any atom is 0.308 e. The van der Waals surface area contributed by atoms with Crippen LogP contribution in [0.1, 0.15) is 41.2 Å². The van der Waals surface area contributed by atoms with Crippen LogP contribution in [0.2, 0.25) is 0 Å². The van der Waals surface area contributed by atoms with Crippen LogP contribution in [0.15, 0.2) is 65.6 Å². The summed E-state index contributed by atoms with van der Waals surface area (Å²) in [5.74, 6) is -1.34. The molecule has 1 fully saturated rings. The zero-order valence-electron chi connectivity index (χ0n) is 22.7. The summed E-state index contributed by atoms with van der Waals surface area (Å²) in [6.07, 6.45) is 0.0967. The molecule has 1 heterocycles. The summed E-state index contributed by atoms with van der Waals surface area (Å²) in [5, 5.41) is 0. The zero-order valence-corrected chi connectivity index (χ0v) is 23.5. The van der Waals surface area contributed by atoms with Gasteiger partial charge in [0.05, 0.1) is 17.0 Å². The van der Waals surface area contributed by atoms with Gasteiger partial charge in [-0.1, -0.05) is 36.4 Å². The van der Waals surface area contributed by atoms with Crippen molar-refractivity contribution >= 4 is 33.5 Å². The highest BCUT2D eigenvalue weighted by Gasteiger charge is 2.47. The topological polar surface area (TPSA) is 101 Å². The third-order valence-electron chi connectivity index (χ3n) is 7.15. The van der Waals surface area contributed by atoms with E-state index < -0.39 is 33.8 Å². The number of ether oxygens (including phenoxy) is 1.